The number of aliphatic carboxylic acids is 1. The third-order valence-corrected chi connectivity index (χ3v) is 2.17. The van der Waals surface area contributed by atoms with Crippen LogP contribution in [0.4, 0.5) is 4.39 Å². The number of rotatable bonds is 4. The number of carbonyl (C=O) groups is 1. The van der Waals surface area contributed by atoms with Gasteiger partial charge in [0.1, 0.15) is 12.1 Å². The Morgan fingerprint density at radius 2 is 2.33 bits per heavy atom. The lowest BCUT2D eigenvalue weighted by Gasteiger charge is -2.05. The minimum absolute atomic E-state index is 0.0749. The van der Waals surface area contributed by atoms with Crippen LogP contribution in [0.15, 0.2) is 30.6 Å². The number of carboxylic acid groups (broad SMARTS) is 1. The number of benzene rings is 1. The number of carboxylic acids is 1. The van der Waals surface area contributed by atoms with E-state index in [0.29, 0.717) is 5.69 Å². The zero-order chi connectivity index (χ0) is 13.1. The summed E-state index contributed by atoms with van der Waals surface area (Å²) in [6.07, 6.45) is 0.270. The molecule has 2 rings (SSSR count). The predicted octanol–water partition coefficient (Wildman–Crippen LogP) is 1.26. The molecule has 2 aromatic rings. The van der Waals surface area contributed by atoms with E-state index < -0.39 is 17.9 Å². The number of hydrogen-bond acceptors (Lipinski definition) is 4. The quantitative estimate of drug-likeness (QED) is 0.885. The molecule has 6 nitrogen and oxygen atoms in total. The van der Waals surface area contributed by atoms with Gasteiger partial charge >= 0.3 is 12.0 Å². The lowest BCUT2D eigenvalue weighted by molar-refractivity contribution is -0.144. The molecule has 1 unspecified atom stereocenters. The van der Waals surface area contributed by atoms with Gasteiger partial charge < -0.3 is 9.84 Å². The average Bonchev–Trinajstić information content (AvgIpc) is 2.77. The maximum Gasteiger partial charge on any atom is 0.344 e. The Morgan fingerprint density at radius 1 is 1.56 bits per heavy atom. The van der Waals surface area contributed by atoms with Crippen molar-refractivity contribution in [1.29, 1.82) is 0 Å². The van der Waals surface area contributed by atoms with Crippen molar-refractivity contribution in [3.63, 3.8) is 0 Å². The SMILES string of the molecule is CC(Oc1ncn(-c2cccc(F)c2)n1)C(=O)O. The molecule has 7 heteroatoms. The maximum absolute atomic E-state index is 13.0. The van der Waals surface area contributed by atoms with E-state index in [4.69, 9.17) is 9.84 Å². The molecule has 18 heavy (non-hydrogen) atoms. The van der Waals surface area contributed by atoms with Crippen LogP contribution in [0.5, 0.6) is 6.01 Å². The lowest BCUT2D eigenvalue weighted by atomic mass is 10.3. The fraction of sp³-hybridized carbons (Fsp3) is 0.182. The van der Waals surface area contributed by atoms with Crippen LogP contribution >= 0.6 is 0 Å². The van der Waals surface area contributed by atoms with Crippen molar-refractivity contribution in [3.8, 4) is 11.7 Å². The van der Waals surface area contributed by atoms with Crippen LogP contribution in [0.2, 0.25) is 0 Å². The molecule has 1 atom stereocenters. The summed E-state index contributed by atoms with van der Waals surface area (Å²) in [6.45, 7) is 1.37. The Labute approximate surface area is 102 Å². The summed E-state index contributed by atoms with van der Waals surface area (Å²) < 4.78 is 19.3. The summed E-state index contributed by atoms with van der Waals surface area (Å²) in [7, 11) is 0. The third-order valence-electron chi connectivity index (χ3n) is 2.17. The monoisotopic (exact) mass is 251 g/mol. The van der Waals surface area contributed by atoms with Gasteiger partial charge in [-0.1, -0.05) is 6.07 Å². The Balaban J connectivity index is 2.18. The summed E-state index contributed by atoms with van der Waals surface area (Å²) in [5.74, 6) is -1.51. The number of halogens is 1. The highest BCUT2D eigenvalue weighted by Crippen LogP contribution is 2.11. The van der Waals surface area contributed by atoms with E-state index in [2.05, 4.69) is 10.1 Å². The smallest absolute Gasteiger partial charge is 0.344 e. The number of aromatic nitrogens is 3. The summed E-state index contributed by atoms with van der Waals surface area (Å²) >= 11 is 0. The predicted molar refractivity (Wildman–Crippen MR) is 59.0 cm³/mol. The van der Waals surface area contributed by atoms with Crippen molar-refractivity contribution in [2.45, 2.75) is 13.0 Å². The van der Waals surface area contributed by atoms with Gasteiger partial charge in [0.25, 0.3) is 0 Å². The van der Waals surface area contributed by atoms with Gasteiger partial charge in [-0.15, -0.1) is 5.10 Å². The van der Waals surface area contributed by atoms with Crippen molar-refractivity contribution >= 4 is 5.97 Å². The second-order valence-corrected chi connectivity index (χ2v) is 3.55. The molecule has 0 saturated heterocycles. The van der Waals surface area contributed by atoms with Crippen molar-refractivity contribution < 1.29 is 19.0 Å². The molecule has 0 aliphatic carbocycles. The van der Waals surface area contributed by atoms with Crippen LogP contribution < -0.4 is 4.74 Å². The molecule has 0 fully saturated rings. The van der Waals surface area contributed by atoms with Gasteiger partial charge in [0.05, 0.1) is 5.69 Å². The van der Waals surface area contributed by atoms with Crippen LogP contribution in [0.1, 0.15) is 6.92 Å². The van der Waals surface area contributed by atoms with Gasteiger partial charge in [-0.2, -0.15) is 4.98 Å². The number of ether oxygens (including phenoxy) is 1. The minimum Gasteiger partial charge on any atom is -0.479 e. The standard InChI is InChI=1S/C11H10FN3O3/c1-7(10(16)17)18-11-13-6-15(14-11)9-4-2-3-8(12)5-9/h2-7H,1H3,(H,16,17). The van der Waals surface area contributed by atoms with Crippen LogP contribution in [-0.4, -0.2) is 31.9 Å². The Morgan fingerprint density at radius 3 is 3.00 bits per heavy atom. The van der Waals surface area contributed by atoms with Crippen molar-refractivity contribution in [1.82, 2.24) is 14.8 Å². The maximum atomic E-state index is 13.0. The minimum atomic E-state index is -1.11. The summed E-state index contributed by atoms with van der Waals surface area (Å²) in [5, 5.41) is 12.6. The van der Waals surface area contributed by atoms with Gasteiger partial charge in [0.2, 0.25) is 0 Å². The highest BCUT2D eigenvalue weighted by molar-refractivity contribution is 5.72. The molecule has 0 aliphatic rings. The van der Waals surface area contributed by atoms with Gasteiger partial charge in [-0.25, -0.2) is 13.9 Å². The molecule has 0 aliphatic heterocycles. The van der Waals surface area contributed by atoms with Gasteiger partial charge in [0.15, 0.2) is 6.10 Å². The summed E-state index contributed by atoms with van der Waals surface area (Å²) in [6, 6.07) is 5.69. The first-order chi connectivity index (χ1) is 8.56. The molecule has 1 heterocycles. The second kappa shape index (κ2) is 4.82. The number of nitrogens with zero attached hydrogens (tertiary/aromatic N) is 3. The van der Waals surface area contributed by atoms with E-state index in [-0.39, 0.29) is 6.01 Å². The largest absolute Gasteiger partial charge is 0.479 e. The van der Waals surface area contributed by atoms with Crippen LogP contribution in [0.3, 0.4) is 0 Å². The normalized spacial score (nSPS) is 12.1. The first-order valence-corrected chi connectivity index (χ1v) is 5.13. The van der Waals surface area contributed by atoms with Crippen molar-refractivity contribution in [2.24, 2.45) is 0 Å². The first-order valence-electron chi connectivity index (χ1n) is 5.13. The highest BCUT2D eigenvalue weighted by atomic mass is 19.1. The molecular formula is C11H10FN3O3. The van der Waals surface area contributed by atoms with Crippen molar-refractivity contribution in [3.05, 3.63) is 36.4 Å². The molecule has 0 spiro atoms. The molecule has 0 saturated carbocycles. The molecule has 1 aromatic carbocycles. The zero-order valence-electron chi connectivity index (χ0n) is 9.45. The van der Waals surface area contributed by atoms with E-state index in [1.807, 2.05) is 0 Å². The van der Waals surface area contributed by atoms with Gasteiger partial charge in [-0.3, -0.25) is 0 Å². The second-order valence-electron chi connectivity index (χ2n) is 3.55. The fourth-order valence-electron chi connectivity index (χ4n) is 1.25. The summed E-state index contributed by atoms with van der Waals surface area (Å²) in [4.78, 5) is 14.4. The molecular weight excluding hydrogens is 241 g/mol. The van der Waals surface area contributed by atoms with Crippen LogP contribution in [0.25, 0.3) is 5.69 Å². The van der Waals surface area contributed by atoms with Gasteiger partial charge in [-0.05, 0) is 25.1 Å². The first kappa shape index (κ1) is 12.0. The molecule has 1 N–H and O–H groups in total. The number of hydrogen-bond donors (Lipinski definition) is 1. The van der Waals surface area contributed by atoms with E-state index in [1.54, 1.807) is 6.07 Å². The lowest BCUT2D eigenvalue weighted by Crippen LogP contribution is -2.23. The van der Waals surface area contributed by atoms with Crippen molar-refractivity contribution in [2.75, 3.05) is 0 Å². The van der Waals surface area contributed by atoms with Crippen LogP contribution in [-0.2, 0) is 4.79 Å². The molecule has 0 radical (unpaired) electrons. The summed E-state index contributed by atoms with van der Waals surface area (Å²) in [5.41, 5.74) is 0.473. The van der Waals surface area contributed by atoms with Crippen LogP contribution in [0, 0.1) is 5.82 Å². The zero-order valence-corrected chi connectivity index (χ0v) is 9.45. The van der Waals surface area contributed by atoms with E-state index >= 15 is 0 Å². The van der Waals surface area contributed by atoms with Gasteiger partial charge in [0, 0.05) is 0 Å². The highest BCUT2D eigenvalue weighted by Gasteiger charge is 2.15. The fourth-order valence-corrected chi connectivity index (χ4v) is 1.25. The third kappa shape index (κ3) is 2.62. The van der Waals surface area contributed by atoms with E-state index in [1.165, 1.54) is 36.1 Å². The average molecular weight is 251 g/mol. The van der Waals surface area contributed by atoms with E-state index in [0.717, 1.165) is 0 Å². The molecule has 0 bridgehead atoms. The Bertz CT molecular complexity index is 570. The van der Waals surface area contributed by atoms with E-state index in [9.17, 15) is 9.18 Å². The molecule has 1 aromatic heterocycles. The molecule has 94 valence electrons. The topological polar surface area (TPSA) is 77.2 Å². The molecule has 0 amide bonds. The Kier molecular flexibility index (Phi) is 3.22. The Hall–Kier alpha value is -2.44.